The van der Waals surface area contributed by atoms with Crippen LogP contribution in [0.4, 0.5) is 11.4 Å². The number of anilines is 2. The SMILES string of the molecule is CCOC(=O)c1ccc(Nc2ccccc2OCC)cc1. The second kappa shape index (κ2) is 7.33. The van der Waals surface area contributed by atoms with Crippen molar-refractivity contribution in [2.24, 2.45) is 0 Å². The molecule has 0 atom stereocenters. The Hall–Kier alpha value is -2.49. The summed E-state index contributed by atoms with van der Waals surface area (Å²) in [6.45, 7) is 4.73. The van der Waals surface area contributed by atoms with Crippen LogP contribution in [-0.2, 0) is 4.74 Å². The van der Waals surface area contributed by atoms with Crippen molar-refractivity contribution in [1.29, 1.82) is 0 Å². The molecule has 0 fully saturated rings. The minimum absolute atomic E-state index is 0.307. The molecule has 110 valence electrons. The number of carbonyl (C=O) groups is 1. The molecule has 0 bridgehead atoms. The number of esters is 1. The summed E-state index contributed by atoms with van der Waals surface area (Å²) in [7, 11) is 0. The first kappa shape index (κ1) is 14.9. The predicted octanol–water partition coefficient (Wildman–Crippen LogP) is 4.01. The smallest absolute Gasteiger partial charge is 0.338 e. The van der Waals surface area contributed by atoms with Gasteiger partial charge in [0.05, 0.1) is 24.5 Å². The van der Waals surface area contributed by atoms with Crippen molar-refractivity contribution < 1.29 is 14.3 Å². The molecule has 4 nitrogen and oxygen atoms in total. The van der Waals surface area contributed by atoms with E-state index < -0.39 is 0 Å². The van der Waals surface area contributed by atoms with Crippen LogP contribution in [-0.4, -0.2) is 19.2 Å². The zero-order valence-electron chi connectivity index (χ0n) is 12.3. The van der Waals surface area contributed by atoms with E-state index in [1.54, 1.807) is 19.1 Å². The average molecular weight is 285 g/mol. The van der Waals surface area contributed by atoms with Gasteiger partial charge in [0, 0.05) is 5.69 Å². The van der Waals surface area contributed by atoms with E-state index in [1.165, 1.54) is 0 Å². The molecule has 0 heterocycles. The highest BCUT2D eigenvalue weighted by atomic mass is 16.5. The minimum Gasteiger partial charge on any atom is -0.492 e. The van der Waals surface area contributed by atoms with Crippen molar-refractivity contribution in [3.05, 3.63) is 54.1 Å². The lowest BCUT2D eigenvalue weighted by molar-refractivity contribution is 0.0526. The standard InChI is InChI=1S/C17H19NO3/c1-3-20-16-8-6-5-7-15(16)18-14-11-9-13(10-12-14)17(19)21-4-2/h5-12,18H,3-4H2,1-2H3. The normalized spacial score (nSPS) is 10.0. The largest absolute Gasteiger partial charge is 0.492 e. The van der Waals surface area contributed by atoms with Crippen molar-refractivity contribution >= 4 is 17.3 Å². The zero-order valence-corrected chi connectivity index (χ0v) is 12.3. The van der Waals surface area contributed by atoms with E-state index >= 15 is 0 Å². The van der Waals surface area contributed by atoms with Crippen molar-refractivity contribution in [3.63, 3.8) is 0 Å². The molecule has 0 amide bonds. The Morgan fingerprint density at radius 3 is 2.38 bits per heavy atom. The molecule has 0 spiro atoms. The van der Waals surface area contributed by atoms with Gasteiger partial charge in [0.25, 0.3) is 0 Å². The second-order valence-corrected chi connectivity index (χ2v) is 4.35. The fourth-order valence-electron chi connectivity index (χ4n) is 1.91. The maximum Gasteiger partial charge on any atom is 0.338 e. The van der Waals surface area contributed by atoms with Gasteiger partial charge in [0.2, 0.25) is 0 Å². The molecule has 0 aliphatic rings. The molecule has 0 saturated heterocycles. The maximum absolute atomic E-state index is 11.6. The molecule has 1 N–H and O–H groups in total. The van der Waals surface area contributed by atoms with Crippen molar-refractivity contribution in [1.82, 2.24) is 0 Å². The molecule has 4 heteroatoms. The van der Waals surface area contributed by atoms with Crippen LogP contribution >= 0.6 is 0 Å². The van der Waals surface area contributed by atoms with Crippen LogP contribution in [0.2, 0.25) is 0 Å². The minimum atomic E-state index is -0.307. The van der Waals surface area contributed by atoms with Crippen LogP contribution in [0.25, 0.3) is 0 Å². The lowest BCUT2D eigenvalue weighted by atomic mass is 10.2. The summed E-state index contributed by atoms with van der Waals surface area (Å²) in [6, 6.07) is 14.9. The summed E-state index contributed by atoms with van der Waals surface area (Å²) in [6.07, 6.45) is 0. The van der Waals surface area contributed by atoms with Crippen LogP contribution in [0.1, 0.15) is 24.2 Å². The Balaban J connectivity index is 2.12. The fourth-order valence-corrected chi connectivity index (χ4v) is 1.91. The summed E-state index contributed by atoms with van der Waals surface area (Å²) in [5, 5.41) is 3.28. The van der Waals surface area contributed by atoms with E-state index in [1.807, 2.05) is 43.3 Å². The van der Waals surface area contributed by atoms with Gasteiger partial charge < -0.3 is 14.8 Å². The summed E-state index contributed by atoms with van der Waals surface area (Å²) < 4.78 is 10.5. The van der Waals surface area contributed by atoms with E-state index in [0.29, 0.717) is 18.8 Å². The number of carbonyl (C=O) groups excluding carboxylic acids is 1. The molecule has 0 unspecified atom stereocenters. The van der Waals surface area contributed by atoms with E-state index in [-0.39, 0.29) is 5.97 Å². The molecule has 0 aliphatic heterocycles. The topological polar surface area (TPSA) is 47.6 Å². The monoisotopic (exact) mass is 285 g/mol. The summed E-state index contributed by atoms with van der Waals surface area (Å²) in [5.41, 5.74) is 2.32. The van der Waals surface area contributed by atoms with Crippen molar-refractivity contribution in [2.75, 3.05) is 18.5 Å². The van der Waals surface area contributed by atoms with Gasteiger partial charge in [0.15, 0.2) is 0 Å². The summed E-state index contributed by atoms with van der Waals surface area (Å²) in [5.74, 6) is 0.494. The number of benzene rings is 2. The summed E-state index contributed by atoms with van der Waals surface area (Å²) >= 11 is 0. The van der Waals surface area contributed by atoms with E-state index in [4.69, 9.17) is 9.47 Å². The van der Waals surface area contributed by atoms with Crippen molar-refractivity contribution in [3.8, 4) is 5.75 Å². The molecule has 2 aromatic carbocycles. The zero-order chi connectivity index (χ0) is 15.1. The van der Waals surface area contributed by atoms with Gasteiger partial charge >= 0.3 is 5.97 Å². The number of hydrogen-bond donors (Lipinski definition) is 1. The van der Waals surface area contributed by atoms with Crippen LogP contribution in [0.3, 0.4) is 0 Å². The van der Waals surface area contributed by atoms with E-state index in [9.17, 15) is 4.79 Å². The fraction of sp³-hybridized carbons (Fsp3) is 0.235. The van der Waals surface area contributed by atoms with E-state index in [0.717, 1.165) is 17.1 Å². The highest BCUT2D eigenvalue weighted by Gasteiger charge is 2.07. The first-order chi connectivity index (χ1) is 10.2. The first-order valence-corrected chi connectivity index (χ1v) is 7.00. The predicted molar refractivity (Wildman–Crippen MR) is 83.3 cm³/mol. The Morgan fingerprint density at radius 1 is 1.00 bits per heavy atom. The second-order valence-electron chi connectivity index (χ2n) is 4.35. The number of ether oxygens (including phenoxy) is 2. The molecular weight excluding hydrogens is 266 g/mol. The van der Waals surface area contributed by atoms with Gasteiger partial charge in [-0.25, -0.2) is 4.79 Å². The molecule has 0 aromatic heterocycles. The lowest BCUT2D eigenvalue weighted by Gasteiger charge is -2.12. The number of nitrogens with one attached hydrogen (secondary N) is 1. The Bertz CT molecular complexity index is 593. The molecular formula is C17H19NO3. The van der Waals surface area contributed by atoms with Gasteiger partial charge in [-0.1, -0.05) is 12.1 Å². The summed E-state index contributed by atoms with van der Waals surface area (Å²) in [4.78, 5) is 11.6. The van der Waals surface area contributed by atoms with Crippen LogP contribution in [0, 0.1) is 0 Å². The van der Waals surface area contributed by atoms with E-state index in [2.05, 4.69) is 5.32 Å². The lowest BCUT2D eigenvalue weighted by Crippen LogP contribution is -2.04. The Morgan fingerprint density at radius 2 is 1.71 bits per heavy atom. The van der Waals surface area contributed by atoms with Gasteiger partial charge in [-0.15, -0.1) is 0 Å². The Kier molecular flexibility index (Phi) is 5.21. The molecule has 0 saturated carbocycles. The third kappa shape index (κ3) is 3.99. The van der Waals surface area contributed by atoms with Crippen LogP contribution in [0.5, 0.6) is 5.75 Å². The average Bonchev–Trinajstić information content (AvgIpc) is 2.50. The maximum atomic E-state index is 11.6. The molecule has 0 radical (unpaired) electrons. The number of para-hydroxylation sites is 2. The third-order valence-electron chi connectivity index (χ3n) is 2.86. The molecule has 21 heavy (non-hydrogen) atoms. The quantitative estimate of drug-likeness (QED) is 0.815. The highest BCUT2D eigenvalue weighted by molar-refractivity contribution is 5.90. The van der Waals surface area contributed by atoms with Crippen LogP contribution < -0.4 is 10.1 Å². The highest BCUT2D eigenvalue weighted by Crippen LogP contribution is 2.27. The first-order valence-electron chi connectivity index (χ1n) is 7.00. The number of hydrogen-bond acceptors (Lipinski definition) is 4. The number of rotatable bonds is 6. The van der Waals surface area contributed by atoms with Crippen molar-refractivity contribution in [2.45, 2.75) is 13.8 Å². The van der Waals surface area contributed by atoms with Gasteiger partial charge in [-0.2, -0.15) is 0 Å². The molecule has 0 aliphatic carbocycles. The van der Waals surface area contributed by atoms with Gasteiger partial charge in [0.1, 0.15) is 5.75 Å². The molecule has 2 rings (SSSR count). The Labute approximate surface area is 124 Å². The van der Waals surface area contributed by atoms with Gasteiger partial charge in [-0.3, -0.25) is 0 Å². The van der Waals surface area contributed by atoms with Crippen LogP contribution in [0.15, 0.2) is 48.5 Å². The van der Waals surface area contributed by atoms with Gasteiger partial charge in [-0.05, 0) is 50.2 Å². The third-order valence-corrected chi connectivity index (χ3v) is 2.86. The molecule has 2 aromatic rings.